The summed E-state index contributed by atoms with van der Waals surface area (Å²) in [6.07, 6.45) is 0. The Kier molecular flexibility index (Phi) is 4.72. The van der Waals surface area contributed by atoms with Gasteiger partial charge < -0.3 is 9.47 Å². The lowest BCUT2D eigenvalue weighted by atomic mass is 10.1. The van der Waals surface area contributed by atoms with Crippen LogP contribution in [0.15, 0.2) is 59.5 Å². The standard InChI is InChI=1S/C18H16N4O5S/c23-18(15-11-14(19-20-15)12-4-2-1-3-5-12)21-22-28(24,25)13-6-7-16-17(10-13)27-9-8-26-16/h1-7,10-11,22H,8-9H2,(H,19,20)(H,21,23). The number of hydrazine groups is 1. The molecule has 0 radical (unpaired) electrons. The molecule has 1 aliphatic rings. The zero-order valence-corrected chi connectivity index (χ0v) is 15.3. The van der Waals surface area contributed by atoms with E-state index in [1.165, 1.54) is 24.3 Å². The van der Waals surface area contributed by atoms with E-state index in [-0.39, 0.29) is 10.6 Å². The molecule has 1 amide bonds. The van der Waals surface area contributed by atoms with E-state index in [1.54, 1.807) is 0 Å². The molecule has 0 fully saturated rings. The third-order valence-corrected chi connectivity index (χ3v) is 5.26. The van der Waals surface area contributed by atoms with Gasteiger partial charge in [0, 0.05) is 11.6 Å². The van der Waals surface area contributed by atoms with Crippen LogP contribution in [0.5, 0.6) is 11.5 Å². The molecule has 28 heavy (non-hydrogen) atoms. The van der Waals surface area contributed by atoms with Crippen LogP contribution in [-0.4, -0.2) is 37.7 Å². The fraction of sp³-hybridized carbons (Fsp3) is 0.111. The number of amides is 1. The van der Waals surface area contributed by atoms with Gasteiger partial charge in [0.1, 0.15) is 18.9 Å². The lowest BCUT2D eigenvalue weighted by Crippen LogP contribution is -2.41. The van der Waals surface area contributed by atoms with Crippen molar-refractivity contribution in [2.24, 2.45) is 0 Å². The summed E-state index contributed by atoms with van der Waals surface area (Å²) in [5, 5.41) is 6.65. The molecule has 0 saturated heterocycles. The second kappa shape index (κ2) is 7.33. The van der Waals surface area contributed by atoms with Gasteiger partial charge in [-0.3, -0.25) is 15.3 Å². The first kappa shape index (κ1) is 18.0. The molecular weight excluding hydrogens is 384 g/mol. The average Bonchev–Trinajstić information content (AvgIpc) is 3.23. The van der Waals surface area contributed by atoms with Crippen LogP contribution in [0.1, 0.15) is 10.5 Å². The van der Waals surface area contributed by atoms with E-state index in [2.05, 4.69) is 20.5 Å². The van der Waals surface area contributed by atoms with Gasteiger partial charge in [0.05, 0.1) is 10.6 Å². The number of sulfonamides is 1. The predicted molar refractivity (Wildman–Crippen MR) is 99.2 cm³/mol. The second-order valence-electron chi connectivity index (χ2n) is 5.90. The van der Waals surface area contributed by atoms with Crippen molar-refractivity contribution in [3.05, 3.63) is 60.3 Å². The number of aromatic amines is 1. The van der Waals surface area contributed by atoms with E-state index < -0.39 is 15.9 Å². The number of fused-ring (bicyclic) bond motifs is 1. The number of benzene rings is 2. The molecule has 0 spiro atoms. The minimum atomic E-state index is -3.99. The molecule has 1 aliphatic heterocycles. The molecule has 2 aromatic carbocycles. The summed E-state index contributed by atoms with van der Waals surface area (Å²) in [7, 11) is -3.99. The Morgan fingerprint density at radius 3 is 2.54 bits per heavy atom. The lowest BCUT2D eigenvalue weighted by molar-refractivity contribution is 0.0940. The van der Waals surface area contributed by atoms with Crippen molar-refractivity contribution < 1.29 is 22.7 Å². The van der Waals surface area contributed by atoms with E-state index in [9.17, 15) is 13.2 Å². The van der Waals surface area contributed by atoms with Crippen molar-refractivity contribution >= 4 is 15.9 Å². The highest BCUT2D eigenvalue weighted by molar-refractivity contribution is 7.89. The third kappa shape index (κ3) is 3.68. The summed E-state index contributed by atoms with van der Waals surface area (Å²) >= 11 is 0. The van der Waals surface area contributed by atoms with Crippen LogP contribution in [-0.2, 0) is 10.0 Å². The number of hydrogen-bond donors (Lipinski definition) is 3. The number of carbonyl (C=O) groups excluding carboxylic acids is 1. The normalized spacial score (nSPS) is 13.1. The van der Waals surface area contributed by atoms with Gasteiger partial charge in [0.25, 0.3) is 15.9 Å². The van der Waals surface area contributed by atoms with Crippen LogP contribution in [0.4, 0.5) is 0 Å². The number of nitrogens with zero attached hydrogens (tertiary/aromatic N) is 1. The Morgan fingerprint density at radius 1 is 1.00 bits per heavy atom. The zero-order valence-electron chi connectivity index (χ0n) is 14.5. The molecule has 9 nitrogen and oxygen atoms in total. The van der Waals surface area contributed by atoms with Crippen LogP contribution >= 0.6 is 0 Å². The number of aromatic nitrogens is 2. The molecule has 10 heteroatoms. The van der Waals surface area contributed by atoms with Gasteiger partial charge in [0.2, 0.25) is 0 Å². The summed E-state index contributed by atoms with van der Waals surface area (Å²) in [6.45, 7) is 0.743. The van der Waals surface area contributed by atoms with E-state index in [0.717, 1.165) is 5.56 Å². The van der Waals surface area contributed by atoms with E-state index in [1.807, 2.05) is 30.3 Å². The Morgan fingerprint density at radius 2 is 1.75 bits per heavy atom. The first-order chi connectivity index (χ1) is 13.5. The summed E-state index contributed by atoms with van der Waals surface area (Å²) in [5.74, 6) is 0.137. The SMILES string of the molecule is O=C(NNS(=O)(=O)c1ccc2c(c1)OCCO2)c1cc(-c2ccccc2)n[nH]1. The maximum absolute atomic E-state index is 12.4. The van der Waals surface area contributed by atoms with E-state index in [0.29, 0.717) is 30.4 Å². The molecule has 0 saturated carbocycles. The summed E-state index contributed by atoms with van der Waals surface area (Å²) in [4.78, 5) is 14.2. The van der Waals surface area contributed by atoms with Crippen molar-refractivity contribution in [1.29, 1.82) is 0 Å². The zero-order chi connectivity index (χ0) is 19.6. The van der Waals surface area contributed by atoms with Crippen molar-refractivity contribution in [2.45, 2.75) is 4.90 Å². The first-order valence-electron chi connectivity index (χ1n) is 8.35. The van der Waals surface area contributed by atoms with Crippen LogP contribution < -0.4 is 19.7 Å². The largest absolute Gasteiger partial charge is 0.486 e. The predicted octanol–water partition coefficient (Wildman–Crippen LogP) is 1.47. The molecule has 1 aromatic heterocycles. The Labute approximate surface area is 160 Å². The van der Waals surface area contributed by atoms with Crippen molar-refractivity contribution in [3.8, 4) is 22.8 Å². The quantitative estimate of drug-likeness (QED) is 0.558. The molecule has 2 heterocycles. The highest BCUT2D eigenvalue weighted by atomic mass is 32.2. The third-order valence-electron chi connectivity index (χ3n) is 4.01. The monoisotopic (exact) mass is 400 g/mol. The summed E-state index contributed by atoms with van der Waals surface area (Å²) in [6, 6.07) is 15.0. The van der Waals surface area contributed by atoms with Crippen LogP contribution in [0.2, 0.25) is 0 Å². The van der Waals surface area contributed by atoms with Crippen LogP contribution in [0.25, 0.3) is 11.3 Å². The molecule has 0 unspecified atom stereocenters. The van der Waals surface area contributed by atoms with Crippen molar-refractivity contribution in [2.75, 3.05) is 13.2 Å². The molecule has 0 aliphatic carbocycles. The fourth-order valence-corrected chi connectivity index (χ4v) is 3.48. The van der Waals surface area contributed by atoms with Crippen LogP contribution in [0, 0.1) is 0 Å². The fourth-order valence-electron chi connectivity index (χ4n) is 2.63. The van der Waals surface area contributed by atoms with E-state index >= 15 is 0 Å². The van der Waals surface area contributed by atoms with Gasteiger partial charge in [0.15, 0.2) is 11.5 Å². The van der Waals surface area contributed by atoms with Gasteiger partial charge in [-0.15, -0.1) is 4.83 Å². The number of carbonyl (C=O) groups is 1. The maximum Gasteiger partial charge on any atom is 0.284 e. The molecule has 0 bridgehead atoms. The van der Waals surface area contributed by atoms with Gasteiger partial charge in [-0.05, 0) is 18.2 Å². The first-order valence-corrected chi connectivity index (χ1v) is 9.84. The number of hydrogen-bond acceptors (Lipinski definition) is 6. The lowest BCUT2D eigenvalue weighted by Gasteiger charge is -2.18. The van der Waals surface area contributed by atoms with E-state index in [4.69, 9.17) is 9.47 Å². The number of ether oxygens (including phenoxy) is 2. The second-order valence-corrected chi connectivity index (χ2v) is 7.58. The van der Waals surface area contributed by atoms with Gasteiger partial charge in [-0.25, -0.2) is 8.42 Å². The number of nitrogens with one attached hydrogen (secondary N) is 3. The highest BCUT2D eigenvalue weighted by Crippen LogP contribution is 2.32. The Hall–Kier alpha value is -3.37. The number of rotatable bonds is 5. The van der Waals surface area contributed by atoms with Crippen molar-refractivity contribution in [3.63, 3.8) is 0 Å². The average molecular weight is 400 g/mol. The number of H-pyrrole nitrogens is 1. The minimum absolute atomic E-state index is 0.0633. The van der Waals surface area contributed by atoms with Gasteiger partial charge in [-0.2, -0.15) is 5.10 Å². The topological polar surface area (TPSA) is 122 Å². The summed E-state index contributed by atoms with van der Waals surface area (Å²) in [5.41, 5.74) is 3.68. The molecule has 144 valence electrons. The highest BCUT2D eigenvalue weighted by Gasteiger charge is 2.21. The van der Waals surface area contributed by atoms with Gasteiger partial charge >= 0.3 is 0 Å². The van der Waals surface area contributed by atoms with Gasteiger partial charge in [-0.1, -0.05) is 30.3 Å². The minimum Gasteiger partial charge on any atom is -0.486 e. The Bertz CT molecular complexity index is 1110. The molecule has 3 N–H and O–H groups in total. The van der Waals surface area contributed by atoms with Crippen LogP contribution in [0.3, 0.4) is 0 Å². The Balaban J connectivity index is 1.45. The molecule has 0 atom stereocenters. The summed E-state index contributed by atoms with van der Waals surface area (Å²) < 4.78 is 35.6. The maximum atomic E-state index is 12.4. The van der Waals surface area contributed by atoms with Crippen molar-refractivity contribution in [1.82, 2.24) is 20.5 Å². The smallest absolute Gasteiger partial charge is 0.284 e. The molecular formula is C18H16N4O5S. The molecule has 4 rings (SSSR count). The molecule has 3 aromatic rings.